The highest BCUT2D eigenvalue weighted by atomic mass is 15.1. The van der Waals surface area contributed by atoms with Gasteiger partial charge in [-0.3, -0.25) is 4.99 Å². The maximum Gasteiger partial charge on any atom is 0.188 e. The molecule has 15 heavy (non-hydrogen) atoms. The van der Waals surface area contributed by atoms with E-state index in [0.717, 1.165) is 25.2 Å². The van der Waals surface area contributed by atoms with Crippen LogP contribution in [-0.2, 0) is 6.42 Å². The van der Waals surface area contributed by atoms with Gasteiger partial charge in [0.15, 0.2) is 5.96 Å². The van der Waals surface area contributed by atoms with E-state index in [2.05, 4.69) is 20.3 Å². The Balaban J connectivity index is 1.60. The van der Waals surface area contributed by atoms with Crippen LogP contribution in [-0.4, -0.2) is 28.5 Å². The second-order valence-corrected chi connectivity index (χ2v) is 3.82. The van der Waals surface area contributed by atoms with Crippen molar-refractivity contribution in [3.8, 4) is 0 Å². The average Bonchev–Trinajstić information content (AvgIpc) is 2.87. The van der Waals surface area contributed by atoms with Gasteiger partial charge in [0.2, 0.25) is 0 Å². The maximum absolute atomic E-state index is 5.69. The van der Waals surface area contributed by atoms with Crippen molar-refractivity contribution in [3.05, 3.63) is 18.2 Å². The quantitative estimate of drug-likeness (QED) is 0.372. The summed E-state index contributed by atoms with van der Waals surface area (Å²) in [5.41, 5.74) is 5.69. The molecule has 0 unspecified atom stereocenters. The molecule has 0 aromatic carbocycles. The van der Waals surface area contributed by atoms with E-state index in [4.69, 9.17) is 5.73 Å². The molecule has 1 aliphatic carbocycles. The number of aryl methyl sites for hydroxylation is 1. The van der Waals surface area contributed by atoms with E-state index in [9.17, 15) is 0 Å². The Morgan fingerprint density at radius 3 is 3.20 bits per heavy atom. The first-order valence-electron chi connectivity index (χ1n) is 5.39. The smallest absolute Gasteiger partial charge is 0.188 e. The summed E-state index contributed by atoms with van der Waals surface area (Å²) in [6, 6.07) is 0.582. The SMILES string of the molecule is NC(=NCCCc1ncc[nH]1)NC1CC1. The molecule has 1 aliphatic rings. The number of hydrogen-bond donors (Lipinski definition) is 3. The van der Waals surface area contributed by atoms with E-state index in [1.807, 2.05) is 6.20 Å². The van der Waals surface area contributed by atoms with Crippen molar-refractivity contribution in [1.82, 2.24) is 15.3 Å². The largest absolute Gasteiger partial charge is 0.370 e. The second-order valence-electron chi connectivity index (χ2n) is 3.82. The van der Waals surface area contributed by atoms with Crippen LogP contribution in [0.4, 0.5) is 0 Å². The number of rotatable bonds is 5. The zero-order valence-electron chi connectivity index (χ0n) is 8.74. The van der Waals surface area contributed by atoms with Crippen LogP contribution in [0, 0.1) is 0 Å². The highest BCUT2D eigenvalue weighted by molar-refractivity contribution is 5.78. The molecule has 0 saturated heterocycles. The van der Waals surface area contributed by atoms with E-state index in [-0.39, 0.29) is 0 Å². The van der Waals surface area contributed by atoms with Crippen LogP contribution >= 0.6 is 0 Å². The molecule has 2 rings (SSSR count). The molecule has 1 fully saturated rings. The van der Waals surface area contributed by atoms with Gasteiger partial charge in [0.05, 0.1) is 0 Å². The molecule has 1 aromatic rings. The van der Waals surface area contributed by atoms with E-state index >= 15 is 0 Å². The molecule has 4 N–H and O–H groups in total. The maximum atomic E-state index is 5.69. The summed E-state index contributed by atoms with van der Waals surface area (Å²) >= 11 is 0. The van der Waals surface area contributed by atoms with Crippen LogP contribution in [0.2, 0.25) is 0 Å². The molecule has 0 atom stereocenters. The first kappa shape index (κ1) is 10.0. The highest BCUT2D eigenvalue weighted by Crippen LogP contribution is 2.17. The molecule has 5 nitrogen and oxygen atoms in total. The second kappa shape index (κ2) is 4.82. The van der Waals surface area contributed by atoms with Gasteiger partial charge in [-0.05, 0) is 19.3 Å². The molecule has 1 saturated carbocycles. The molecule has 0 radical (unpaired) electrons. The third-order valence-electron chi connectivity index (χ3n) is 2.34. The number of aromatic amines is 1. The van der Waals surface area contributed by atoms with Crippen molar-refractivity contribution < 1.29 is 0 Å². The lowest BCUT2D eigenvalue weighted by Crippen LogP contribution is -2.33. The molecule has 82 valence electrons. The molecule has 5 heteroatoms. The number of aromatic nitrogens is 2. The Morgan fingerprint density at radius 2 is 2.53 bits per heavy atom. The van der Waals surface area contributed by atoms with Gasteiger partial charge in [0, 0.05) is 31.4 Å². The Morgan fingerprint density at radius 1 is 1.67 bits per heavy atom. The van der Waals surface area contributed by atoms with E-state index in [0.29, 0.717) is 12.0 Å². The molecule has 0 aliphatic heterocycles. The molecule has 0 amide bonds. The number of nitrogens with two attached hydrogens (primary N) is 1. The summed E-state index contributed by atoms with van der Waals surface area (Å²) in [6.07, 6.45) is 7.95. The zero-order valence-corrected chi connectivity index (χ0v) is 8.74. The molecule has 0 spiro atoms. The lowest BCUT2D eigenvalue weighted by atomic mass is 10.3. The van der Waals surface area contributed by atoms with Gasteiger partial charge in [-0.25, -0.2) is 4.98 Å². The summed E-state index contributed by atoms with van der Waals surface area (Å²) in [4.78, 5) is 11.4. The fraction of sp³-hybridized carbons (Fsp3) is 0.600. The Bertz CT molecular complexity index is 313. The lowest BCUT2D eigenvalue weighted by molar-refractivity contribution is 0.783. The zero-order chi connectivity index (χ0) is 10.5. The topological polar surface area (TPSA) is 79.1 Å². The van der Waals surface area contributed by atoms with E-state index in [1.54, 1.807) is 6.20 Å². The van der Waals surface area contributed by atoms with Crippen molar-refractivity contribution in [1.29, 1.82) is 0 Å². The Kier molecular flexibility index (Phi) is 3.22. The number of imidazole rings is 1. The van der Waals surface area contributed by atoms with Crippen LogP contribution in [0.3, 0.4) is 0 Å². The van der Waals surface area contributed by atoms with Crippen molar-refractivity contribution in [2.75, 3.05) is 6.54 Å². The van der Waals surface area contributed by atoms with Gasteiger partial charge in [0.1, 0.15) is 5.82 Å². The van der Waals surface area contributed by atoms with Gasteiger partial charge in [-0.2, -0.15) is 0 Å². The average molecular weight is 207 g/mol. The summed E-state index contributed by atoms with van der Waals surface area (Å²) in [6.45, 7) is 0.756. The van der Waals surface area contributed by atoms with Crippen LogP contribution in [0.1, 0.15) is 25.1 Å². The van der Waals surface area contributed by atoms with Crippen molar-refractivity contribution >= 4 is 5.96 Å². The Labute approximate surface area is 89.2 Å². The van der Waals surface area contributed by atoms with E-state index in [1.165, 1.54) is 12.8 Å². The predicted molar refractivity (Wildman–Crippen MR) is 59.6 cm³/mol. The molecule has 1 heterocycles. The van der Waals surface area contributed by atoms with Crippen molar-refractivity contribution in [2.45, 2.75) is 31.7 Å². The monoisotopic (exact) mass is 207 g/mol. The normalized spacial score (nSPS) is 16.7. The molecule has 0 bridgehead atoms. The minimum atomic E-state index is 0.581. The van der Waals surface area contributed by atoms with Gasteiger partial charge in [0.25, 0.3) is 0 Å². The highest BCUT2D eigenvalue weighted by Gasteiger charge is 2.21. The standard InChI is InChI=1S/C10H17N5/c11-10(15-8-3-4-8)14-5-1-2-9-12-6-7-13-9/h6-8H,1-5H2,(H,12,13)(H3,11,14,15). The Hall–Kier alpha value is -1.52. The van der Waals surface area contributed by atoms with Crippen LogP contribution in [0.25, 0.3) is 0 Å². The fourth-order valence-corrected chi connectivity index (χ4v) is 1.36. The van der Waals surface area contributed by atoms with Gasteiger partial charge in [-0.1, -0.05) is 0 Å². The third kappa shape index (κ3) is 3.61. The summed E-state index contributed by atoms with van der Waals surface area (Å²) in [5.74, 6) is 1.59. The van der Waals surface area contributed by atoms with E-state index < -0.39 is 0 Å². The molecular formula is C10H17N5. The predicted octanol–water partition coefficient (Wildman–Crippen LogP) is 0.409. The molecule has 1 aromatic heterocycles. The number of H-pyrrole nitrogens is 1. The third-order valence-corrected chi connectivity index (χ3v) is 2.34. The van der Waals surface area contributed by atoms with Crippen LogP contribution in [0.5, 0.6) is 0 Å². The van der Waals surface area contributed by atoms with Crippen LogP contribution < -0.4 is 11.1 Å². The number of hydrogen-bond acceptors (Lipinski definition) is 2. The van der Waals surface area contributed by atoms with Crippen molar-refractivity contribution in [3.63, 3.8) is 0 Å². The number of aliphatic imine (C=N–C) groups is 1. The van der Waals surface area contributed by atoms with Gasteiger partial charge < -0.3 is 16.0 Å². The number of nitrogens with zero attached hydrogens (tertiary/aromatic N) is 2. The van der Waals surface area contributed by atoms with Gasteiger partial charge in [-0.15, -0.1) is 0 Å². The lowest BCUT2D eigenvalue weighted by Gasteiger charge is -2.02. The number of nitrogens with one attached hydrogen (secondary N) is 2. The van der Waals surface area contributed by atoms with Crippen LogP contribution in [0.15, 0.2) is 17.4 Å². The summed E-state index contributed by atoms with van der Waals surface area (Å²) in [7, 11) is 0. The first-order valence-corrected chi connectivity index (χ1v) is 5.39. The fourth-order valence-electron chi connectivity index (χ4n) is 1.36. The summed E-state index contributed by atoms with van der Waals surface area (Å²) < 4.78 is 0. The minimum Gasteiger partial charge on any atom is -0.370 e. The number of guanidine groups is 1. The van der Waals surface area contributed by atoms with Gasteiger partial charge >= 0.3 is 0 Å². The summed E-state index contributed by atoms with van der Waals surface area (Å²) in [5, 5.41) is 3.15. The molecular weight excluding hydrogens is 190 g/mol. The first-order chi connectivity index (χ1) is 7.34. The van der Waals surface area contributed by atoms with Crippen molar-refractivity contribution in [2.24, 2.45) is 10.7 Å². The minimum absolute atomic E-state index is 0.581.